The van der Waals surface area contributed by atoms with Crippen molar-refractivity contribution < 1.29 is 28.6 Å². The highest BCUT2D eigenvalue weighted by molar-refractivity contribution is 6.04. The van der Waals surface area contributed by atoms with Crippen molar-refractivity contribution >= 4 is 23.3 Å². The quantitative estimate of drug-likeness (QED) is 0.566. The molecule has 4 rings (SSSR count). The molecule has 1 atom stereocenters. The number of carbonyl (C=O) groups excluding carboxylic acids is 1. The maximum absolute atomic E-state index is 13.8. The fourth-order valence-corrected chi connectivity index (χ4v) is 3.67. The molecule has 1 amide bonds. The van der Waals surface area contributed by atoms with E-state index in [1.54, 1.807) is 24.3 Å². The minimum absolute atomic E-state index is 0.138. The van der Waals surface area contributed by atoms with E-state index in [9.17, 15) is 14.0 Å². The fourth-order valence-electron chi connectivity index (χ4n) is 3.67. The third-order valence-electron chi connectivity index (χ3n) is 5.17. The van der Waals surface area contributed by atoms with Crippen molar-refractivity contribution in [3.05, 3.63) is 83.7 Å². The average Bonchev–Trinajstić information content (AvgIpc) is 2.77. The molecule has 0 saturated carbocycles. The first-order chi connectivity index (χ1) is 15.9. The Kier molecular flexibility index (Phi) is 6.44. The summed E-state index contributed by atoms with van der Waals surface area (Å²) in [4.78, 5) is 25.5. The fraction of sp³-hybridized carbons (Fsp3) is 0.200. The molecule has 0 aliphatic carbocycles. The van der Waals surface area contributed by atoms with E-state index in [0.717, 1.165) is 23.6 Å². The van der Waals surface area contributed by atoms with E-state index in [2.05, 4.69) is 10.2 Å². The predicted molar refractivity (Wildman–Crippen MR) is 122 cm³/mol. The average molecular weight is 450 g/mol. The van der Waals surface area contributed by atoms with Gasteiger partial charge < -0.3 is 24.8 Å². The number of para-hydroxylation sites is 2. The van der Waals surface area contributed by atoms with Crippen LogP contribution in [0.1, 0.15) is 15.9 Å². The van der Waals surface area contributed by atoms with Crippen molar-refractivity contribution in [2.75, 3.05) is 30.4 Å². The molecule has 0 unspecified atom stereocenters. The Balaban J connectivity index is 1.34. The van der Waals surface area contributed by atoms with Gasteiger partial charge in [0.25, 0.3) is 5.91 Å². The Labute approximate surface area is 190 Å². The highest BCUT2D eigenvalue weighted by Gasteiger charge is 2.23. The van der Waals surface area contributed by atoms with Gasteiger partial charge in [-0.1, -0.05) is 12.1 Å². The monoisotopic (exact) mass is 450 g/mol. The Morgan fingerprint density at radius 3 is 2.67 bits per heavy atom. The van der Waals surface area contributed by atoms with Crippen LogP contribution >= 0.6 is 0 Å². The Bertz CT molecular complexity index is 1170. The number of ether oxygens (including phenoxy) is 2. The number of carboxylic acid groups (broad SMARTS) is 1. The number of hydrogen-bond donors (Lipinski definition) is 2. The van der Waals surface area contributed by atoms with Crippen LogP contribution in [0.25, 0.3) is 0 Å². The zero-order chi connectivity index (χ0) is 23.4. The SMILES string of the molecule is CN1C[C@@H](COc2ccc(C(=O)Nc3cc(F)cc(CC(=O)O)c3)cc2)Oc2ccccc21. The number of nitrogens with zero attached hydrogens (tertiary/aromatic N) is 1. The molecule has 0 spiro atoms. The number of carboxylic acids is 1. The number of aliphatic carboxylic acids is 1. The van der Waals surface area contributed by atoms with Crippen LogP contribution in [0.2, 0.25) is 0 Å². The summed E-state index contributed by atoms with van der Waals surface area (Å²) in [6.07, 6.45) is -0.473. The minimum Gasteiger partial charge on any atom is -0.490 e. The van der Waals surface area contributed by atoms with Gasteiger partial charge in [0.1, 0.15) is 30.0 Å². The van der Waals surface area contributed by atoms with Gasteiger partial charge in [0.05, 0.1) is 18.7 Å². The van der Waals surface area contributed by atoms with Crippen molar-refractivity contribution in [2.45, 2.75) is 12.5 Å². The molecule has 0 aromatic heterocycles. The molecule has 2 N–H and O–H groups in total. The second kappa shape index (κ2) is 9.60. The van der Waals surface area contributed by atoms with Gasteiger partial charge in [0, 0.05) is 18.3 Å². The van der Waals surface area contributed by atoms with E-state index >= 15 is 0 Å². The zero-order valence-electron chi connectivity index (χ0n) is 18.0. The van der Waals surface area contributed by atoms with Gasteiger partial charge in [-0.3, -0.25) is 9.59 Å². The molecule has 1 aliphatic heterocycles. The Morgan fingerprint density at radius 1 is 1.15 bits per heavy atom. The summed E-state index contributed by atoms with van der Waals surface area (Å²) < 4.78 is 25.6. The number of amides is 1. The van der Waals surface area contributed by atoms with Crippen molar-refractivity contribution in [3.63, 3.8) is 0 Å². The number of hydrogen-bond acceptors (Lipinski definition) is 5. The molecule has 33 heavy (non-hydrogen) atoms. The van der Waals surface area contributed by atoms with E-state index < -0.39 is 17.7 Å². The Morgan fingerprint density at radius 2 is 1.91 bits per heavy atom. The van der Waals surface area contributed by atoms with Crippen molar-refractivity contribution in [1.82, 2.24) is 0 Å². The van der Waals surface area contributed by atoms with Gasteiger partial charge in [-0.05, 0) is 60.2 Å². The molecule has 1 aliphatic rings. The summed E-state index contributed by atoms with van der Waals surface area (Å²) >= 11 is 0. The number of rotatable bonds is 7. The second-order valence-corrected chi connectivity index (χ2v) is 7.80. The van der Waals surface area contributed by atoms with E-state index in [1.165, 1.54) is 6.07 Å². The van der Waals surface area contributed by atoms with Crippen LogP contribution in [0, 0.1) is 5.82 Å². The highest BCUT2D eigenvalue weighted by atomic mass is 19.1. The zero-order valence-corrected chi connectivity index (χ0v) is 18.0. The van der Waals surface area contributed by atoms with Crippen molar-refractivity contribution in [3.8, 4) is 11.5 Å². The highest BCUT2D eigenvalue weighted by Crippen LogP contribution is 2.32. The van der Waals surface area contributed by atoms with Gasteiger partial charge in [0.2, 0.25) is 0 Å². The third-order valence-corrected chi connectivity index (χ3v) is 5.17. The Hall–Kier alpha value is -4.07. The summed E-state index contributed by atoms with van der Waals surface area (Å²) in [6.45, 7) is 1.04. The minimum atomic E-state index is -1.08. The molecule has 1 heterocycles. The lowest BCUT2D eigenvalue weighted by atomic mass is 10.1. The summed E-state index contributed by atoms with van der Waals surface area (Å²) in [5, 5.41) is 11.5. The standard InChI is InChI=1S/C25H23FN2O5/c1-28-14-21(33-23-5-3-2-4-22(23)28)15-32-20-8-6-17(7-9-20)25(31)27-19-11-16(12-24(29)30)10-18(26)13-19/h2-11,13,21H,12,14-15H2,1H3,(H,27,31)(H,29,30)/t21-/m0/s1. The number of anilines is 2. The van der Waals surface area contributed by atoms with Gasteiger partial charge in [0.15, 0.2) is 0 Å². The summed E-state index contributed by atoms with van der Waals surface area (Å²) in [5.74, 6) is -0.738. The maximum Gasteiger partial charge on any atom is 0.307 e. The number of likely N-dealkylation sites (N-methyl/N-ethyl adjacent to an activating group) is 1. The van der Waals surface area contributed by atoms with E-state index in [0.29, 0.717) is 24.5 Å². The first-order valence-electron chi connectivity index (χ1n) is 10.4. The first-order valence-corrected chi connectivity index (χ1v) is 10.4. The van der Waals surface area contributed by atoms with Crippen LogP contribution in [0.3, 0.4) is 0 Å². The van der Waals surface area contributed by atoms with E-state index in [-0.39, 0.29) is 23.8 Å². The lowest BCUT2D eigenvalue weighted by Crippen LogP contribution is -2.41. The predicted octanol–water partition coefficient (Wildman–Crippen LogP) is 3.98. The molecule has 7 nitrogen and oxygen atoms in total. The van der Waals surface area contributed by atoms with Crippen LogP contribution in [0.5, 0.6) is 11.5 Å². The van der Waals surface area contributed by atoms with Gasteiger partial charge in [-0.25, -0.2) is 4.39 Å². The topological polar surface area (TPSA) is 88.1 Å². The molecule has 3 aromatic rings. The molecule has 8 heteroatoms. The van der Waals surface area contributed by atoms with Gasteiger partial charge in [-0.2, -0.15) is 0 Å². The van der Waals surface area contributed by atoms with Crippen LogP contribution < -0.4 is 19.7 Å². The van der Waals surface area contributed by atoms with Crippen LogP contribution in [-0.4, -0.2) is 43.3 Å². The normalized spacial score (nSPS) is 14.7. The molecular formula is C25H23FN2O5. The molecular weight excluding hydrogens is 427 g/mol. The van der Waals surface area contributed by atoms with E-state index in [1.807, 2.05) is 31.3 Å². The molecule has 0 fully saturated rings. The molecule has 0 saturated heterocycles. The molecule has 0 radical (unpaired) electrons. The van der Waals surface area contributed by atoms with Crippen LogP contribution in [0.15, 0.2) is 66.7 Å². The molecule has 170 valence electrons. The van der Waals surface area contributed by atoms with Crippen LogP contribution in [-0.2, 0) is 11.2 Å². The first kappa shape index (κ1) is 22.1. The number of halogens is 1. The maximum atomic E-state index is 13.8. The third kappa shape index (κ3) is 5.60. The number of nitrogens with one attached hydrogen (secondary N) is 1. The van der Waals surface area contributed by atoms with Gasteiger partial charge in [-0.15, -0.1) is 0 Å². The van der Waals surface area contributed by atoms with Gasteiger partial charge >= 0.3 is 5.97 Å². The second-order valence-electron chi connectivity index (χ2n) is 7.80. The number of fused-ring (bicyclic) bond motifs is 1. The lowest BCUT2D eigenvalue weighted by molar-refractivity contribution is -0.136. The summed E-state index contributed by atoms with van der Waals surface area (Å²) in [7, 11) is 2.00. The summed E-state index contributed by atoms with van der Waals surface area (Å²) in [6, 6.07) is 18.1. The van der Waals surface area contributed by atoms with Crippen molar-refractivity contribution in [2.24, 2.45) is 0 Å². The smallest absolute Gasteiger partial charge is 0.307 e. The molecule has 0 bridgehead atoms. The molecule has 3 aromatic carbocycles. The number of carbonyl (C=O) groups is 2. The van der Waals surface area contributed by atoms with E-state index in [4.69, 9.17) is 14.6 Å². The van der Waals surface area contributed by atoms with Crippen molar-refractivity contribution in [1.29, 1.82) is 0 Å². The summed E-state index contributed by atoms with van der Waals surface area (Å²) in [5.41, 5.74) is 1.85. The lowest BCUT2D eigenvalue weighted by Gasteiger charge is -2.33. The van der Waals surface area contributed by atoms with Crippen LogP contribution in [0.4, 0.5) is 15.8 Å². The number of benzene rings is 3. The largest absolute Gasteiger partial charge is 0.490 e.